The minimum absolute atomic E-state index is 0.299. The number of hydrogen-bond donors (Lipinski definition) is 1. The Morgan fingerprint density at radius 1 is 1.17 bits per heavy atom. The van der Waals surface area contributed by atoms with Crippen LogP contribution in [0.25, 0.3) is 0 Å². The van der Waals surface area contributed by atoms with Crippen LogP contribution in [0.2, 0.25) is 5.02 Å². The number of rotatable bonds is 4. The van der Waals surface area contributed by atoms with Crippen molar-refractivity contribution in [3.05, 3.63) is 76.1 Å². The summed E-state index contributed by atoms with van der Waals surface area (Å²) >= 11 is 6.09. The largest absolute Gasteiger partial charge is 0.320 e. The van der Waals surface area contributed by atoms with Gasteiger partial charge in [0.1, 0.15) is 0 Å². The van der Waals surface area contributed by atoms with E-state index in [-0.39, 0.29) is 5.91 Å². The van der Waals surface area contributed by atoms with E-state index in [9.17, 15) is 4.79 Å². The summed E-state index contributed by atoms with van der Waals surface area (Å²) in [7, 11) is 0. The van der Waals surface area contributed by atoms with Crippen molar-refractivity contribution in [3.63, 3.8) is 0 Å². The van der Waals surface area contributed by atoms with Crippen LogP contribution in [-0.4, -0.2) is 20.9 Å². The molecule has 1 aromatic heterocycles. The fraction of sp³-hybridized carbons (Fsp3) is 0.167. The lowest BCUT2D eigenvalue weighted by Crippen LogP contribution is -2.14. The Kier molecular flexibility index (Phi) is 4.62. The highest BCUT2D eigenvalue weighted by Crippen LogP contribution is 2.20. The topological polar surface area (TPSA) is 59.8 Å². The third kappa shape index (κ3) is 3.46. The zero-order valence-corrected chi connectivity index (χ0v) is 14.2. The van der Waals surface area contributed by atoms with E-state index in [1.165, 1.54) is 0 Å². The Balaban J connectivity index is 1.77. The molecule has 3 aromatic rings. The zero-order chi connectivity index (χ0) is 17.1. The predicted octanol–water partition coefficient (Wildman–Crippen LogP) is 3.85. The van der Waals surface area contributed by atoms with Crippen LogP contribution >= 0.6 is 11.6 Å². The fourth-order valence-electron chi connectivity index (χ4n) is 2.34. The van der Waals surface area contributed by atoms with Gasteiger partial charge in [0.05, 0.1) is 12.2 Å². The Bertz CT molecular complexity index is 874. The first-order valence-corrected chi connectivity index (χ1v) is 7.94. The van der Waals surface area contributed by atoms with Gasteiger partial charge in [-0.25, -0.2) is 4.68 Å². The molecule has 6 heteroatoms. The van der Waals surface area contributed by atoms with Crippen molar-refractivity contribution in [3.8, 4) is 0 Å². The van der Waals surface area contributed by atoms with E-state index < -0.39 is 0 Å². The second-order valence-corrected chi connectivity index (χ2v) is 5.99. The Hall–Kier alpha value is -2.66. The molecule has 5 nitrogen and oxygen atoms in total. The molecule has 0 aliphatic carbocycles. The van der Waals surface area contributed by atoms with Crippen molar-refractivity contribution >= 4 is 23.2 Å². The van der Waals surface area contributed by atoms with Crippen LogP contribution in [0, 0.1) is 13.8 Å². The summed E-state index contributed by atoms with van der Waals surface area (Å²) in [5.74, 6) is -0.299. The SMILES string of the molecule is Cc1ccc(NC(=O)c2nnn(Cc3ccccc3)c2C)cc1Cl. The minimum Gasteiger partial charge on any atom is -0.320 e. The van der Waals surface area contributed by atoms with Crippen LogP contribution in [0.15, 0.2) is 48.5 Å². The van der Waals surface area contributed by atoms with E-state index in [0.29, 0.717) is 22.9 Å². The highest BCUT2D eigenvalue weighted by atomic mass is 35.5. The van der Waals surface area contributed by atoms with Gasteiger partial charge in [0.25, 0.3) is 5.91 Å². The highest BCUT2D eigenvalue weighted by Gasteiger charge is 2.17. The molecule has 1 N–H and O–H groups in total. The number of carbonyl (C=O) groups excluding carboxylic acids is 1. The Morgan fingerprint density at radius 3 is 2.62 bits per heavy atom. The number of nitrogens with one attached hydrogen (secondary N) is 1. The molecule has 0 saturated carbocycles. The monoisotopic (exact) mass is 340 g/mol. The number of carbonyl (C=O) groups is 1. The molecule has 1 amide bonds. The molecule has 122 valence electrons. The molecule has 2 aromatic carbocycles. The van der Waals surface area contributed by atoms with Crippen LogP contribution in [0.1, 0.15) is 27.3 Å². The number of aryl methyl sites for hydroxylation is 1. The summed E-state index contributed by atoms with van der Waals surface area (Å²) in [6.45, 7) is 4.32. The molecule has 0 bridgehead atoms. The zero-order valence-electron chi connectivity index (χ0n) is 13.5. The van der Waals surface area contributed by atoms with Gasteiger partial charge >= 0.3 is 0 Å². The first-order valence-electron chi connectivity index (χ1n) is 7.56. The normalized spacial score (nSPS) is 10.6. The van der Waals surface area contributed by atoms with Gasteiger partial charge in [0.2, 0.25) is 0 Å². The molecule has 3 rings (SSSR count). The number of halogens is 1. The van der Waals surface area contributed by atoms with Crippen LogP contribution < -0.4 is 5.32 Å². The molecule has 0 aliphatic heterocycles. The van der Waals surface area contributed by atoms with Gasteiger partial charge in [-0.05, 0) is 37.1 Å². The van der Waals surface area contributed by atoms with Crippen molar-refractivity contribution < 1.29 is 4.79 Å². The van der Waals surface area contributed by atoms with Gasteiger partial charge in [-0.3, -0.25) is 4.79 Å². The molecule has 0 aliphatic rings. The van der Waals surface area contributed by atoms with Crippen molar-refractivity contribution in [2.75, 3.05) is 5.32 Å². The number of amides is 1. The lowest BCUT2D eigenvalue weighted by Gasteiger charge is -2.06. The second-order valence-electron chi connectivity index (χ2n) is 5.58. The number of nitrogens with zero attached hydrogens (tertiary/aromatic N) is 3. The average molecular weight is 341 g/mol. The van der Waals surface area contributed by atoms with Gasteiger partial charge in [0.15, 0.2) is 5.69 Å². The minimum atomic E-state index is -0.299. The molecule has 0 radical (unpaired) electrons. The standard InChI is InChI=1S/C18H17ClN4O/c1-12-8-9-15(10-16(12)19)20-18(24)17-13(2)23(22-21-17)11-14-6-4-3-5-7-14/h3-10H,11H2,1-2H3,(H,20,24). The Morgan fingerprint density at radius 2 is 1.92 bits per heavy atom. The molecule has 0 spiro atoms. The molecular formula is C18H17ClN4O. The maximum atomic E-state index is 12.4. The van der Waals surface area contributed by atoms with Crippen molar-refractivity contribution in [1.29, 1.82) is 0 Å². The van der Waals surface area contributed by atoms with E-state index in [1.807, 2.05) is 56.3 Å². The van der Waals surface area contributed by atoms with Gasteiger partial charge in [-0.1, -0.05) is 53.2 Å². The average Bonchev–Trinajstić information content (AvgIpc) is 2.93. The molecule has 24 heavy (non-hydrogen) atoms. The van der Waals surface area contributed by atoms with Crippen molar-refractivity contribution in [1.82, 2.24) is 15.0 Å². The van der Waals surface area contributed by atoms with Gasteiger partial charge < -0.3 is 5.32 Å². The third-order valence-corrected chi connectivity index (χ3v) is 4.21. The maximum absolute atomic E-state index is 12.4. The molecule has 0 atom stereocenters. The van der Waals surface area contributed by atoms with Crippen LogP contribution in [-0.2, 0) is 6.54 Å². The quantitative estimate of drug-likeness (QED) is 0.784. The van der Waals surface area contributed by atoms with E-state index in [1.54, 1.807) is 10.7 Å². The van der Waals surface area contributed by atoms with E-state index in [4.69, 9.17) is 11.6 Å². The summed E-state index contributed by atoms with van der Waals surface area (Å²) in [4.78, 5) is 12.4. The van der Waals surface area contributed by atoms with Gasteiger partial charge in [-0.15, -0.1) is 5.10 Å². The summed E-state index contributed by atoms with van der Waals surface area (Å²) in [6, 6.07) is 15.3. The first kappa shape index (κ1) is 16.2. The molecular weight excluding hydrogens is 324 g/mol. The van der Waals surface area contributed by atoms with Crippen molar-refractivity contribution in [2.24, 2.45) is 0 Å². The lowest BCUT2D eigenvalue weighted by molar-refractivity contribution is 0.102. The van der Waals surface area contributed by atoms with E-state index >= 15 is 0 Å². The molecule has 0 saturated heterocycles. The maximum Gasteiger partial charge on any atom is 0.278 e. The summed E-state index contributed by atoms with van der Waals surface area (Å²) in [5, 5.41) is 11.5. The summed E-state index contributed by atoms with van der Waals surface area (Å²) in [5.41, 5.74) is 3.72. The highest BCUT2D eigenvalue weighted by molar-refractivity contribution is 6.31. The number of anilines is 1. The summed E-state index contributed by atoms with van der Waals surface area (Å²) < 4.78 is 1.71. The molecule has 0 unspecified atom stereocenters. The fourth-order valence-corrected chi connectivity index (χ4v) is 2.52. The smallest absolute Gasteiger partial charge is 0.278 e. The lowest BCUT2D eigenvalue weighted by atomic mass is 10.2. The molecule has 1 heterocycles. The van der Waals surface area contributed by atoms with Gasteiger partial charge in [-0.2, -0.15) is 0 Å². The van der Waals surface area contributed by atoms with Crippen molar-refractivity contribution in [2.45, 2.75) is 20.4 Å². The predicted molar refractivity (Wildman–Crippen MR) is 94.4 cm³/mol. The molecule has 0 fully saturated rings. The van der Waals surface area contributed by atoms with E-state index in [2.05, 4.69) is 15.6 Å². The van der Waals surface area contributed by atoms with E-state index in [0.717, 1.165) is 16.8 Å². The van der Waals surface area contributed by atoms with Gasteiger partial charge in [0, 0.05) is 10.7 Å². The number of aromatic nitrogens is 3. The first-order chi connectivity index (χ1) is 11.5. The van der Waals surface area contributed by atoms with Crippen LogP contribution in [0.5, 0.6) is 0 Å². The third-order valence-electron chi connectivity index (χ3n) is 3.80. The second kappa shape index (κ2) is 6.84. The number of benzene rings is 2. The summed E-state index contributed by atoms with van der Waals surface area (Å²) in [6.07, 6.45) is 0. The number of hydrogen-bond acceptors (Lipinski definition) is 3. The van der Waals surface area contributed by atoms with Crippen LogP contribution in [0.3, 0.4) is 0 Å². The Labute approximate surface area is 145 Å². The van der Waals surface area contributed by atoms with Crippen LogP contribution in [0.4, 0.5) is 5.69 Å².